The Hall–Kier alpha value is -5.44. The number of benzene rings is 2. The molecule has 1 aliphatic rings. The van der Waals surface area contributed by atoms with Gasteiger partial charge in [-0.15, -0.1) is 36.7 Å². The average Bonchev–Trinajstić information content (AvgIpc) is 4.10. The van der Waals surface area contributed by atoms with Crippen LogP contribution in [0.5, 0.6) is 5.75 Å². The van der Waals surface area contributed by atoms with Gasteiger partial charge in [-0.3, -0.25) is 9.59 Å². The van der Waals surface area contributed by atoms with Gasteiger partial charge in [-0.25, -0.2) is 14.4 Å². The number of carbonyl (C=O) groups excluding carboxylic acids is 2. The van der Waals surface area contributed by atoms with Gasteiger partial charge in [0.25, 0.3) is 11.8 Å². The number of thioether (sulfide) groups is 2. The van der Waals surface area contributed by atoms with Crippen LogP contribution in [-0.2, 0) is 25.4 Å². The predicted molar refractivity (Wildman–Crippen MR) is 235 cm³/mol. The summed E-state index contributed by atoms with van der Waals surface area (Å²) in [5, 5.41) is 14.4. The summed E-state index contributed by atoms with van der Waals surface area (Å²) in [6.45, 7) is 7.34. The van der Waals surface area contributed by atoms with Crippen molar-refractivity contribution < 1.29 is 58.2 Å². The fourth-order valence-corrected chi connectivity index (χ4v) is 6.37. The van der Waals surface area contributed by atoms with Gasteiger partial charge in [0.15, 0.2) is 0 Å². The molecule has 4 N–H and O–H groups in total. The molecular formula is C44H48F10N6O3S2. The Labute approximate surface area is 378 Å². The number of halogens is 10. The van der Waals surface area contributed by atoms with Crippen molar-refractivity contribution in [3.05, 3.63) is 135 Å². The van der Waals surface area contributed by atoms with Crippen LogP contribution in [0.15, 0.2) is 89.7 Å². The third kappa shape index (κ3) is 17.8. The van der Waals surface area contributed by atoms with Crippen LogP contribution in [-0.4, -0.2) is 52.7 Å². The second-order valence-electron chi connectivity index (χ2n) is 13.8. The van der Waals surface area contributed by atoms with E-state index in [-0.39, 0.29) is 47.1 Å². The van der Waals surface area contributed by atoms with E-state index in [1.807, 2.05) is 63.0 Å². The molecule has 2 aromatic heterocycles. The monoisotopic (exact) mass is 962 g/mol. The van der Waals surface area contributed by atoms with Gasteiger partial charge >= 0.3 is 18.7 Å². The molecule has 2 atom stereocenters. The number of ether oxygens (including phenoxy) is 1. The fraction of sp³-hybridized carbons (Fsp3) is 0.364. The third-order valence-electron chi connectivity index (χ3n) is 8.97. The van der Waals surface area contributed by atoms with Gasteiger partial charge in [-0.1, -0.05) is 50.3 Å². The molecule has 0 radical (unpaired) electrons. The van der Waals surface area contributed by atoms with Gasteiger partial charge < -0.3 is 26.0 Å². The normalized spacial score (nSPS) is 13.8. The minimum absolute atomic E-state index is 0.0611. The highest BCUT2D eigenvalue weighted by molar-refractivity contribution is 8.01. The highest BCUT2D eigenvalue weighted by atomic mass is 32.2. The molecule has 1 fully saturated rings. The molecule has 1 saturated carbocycles. The maximum absolute atomic E-state index is 13.7. The second kappa shape index (κ2) is 24.7. The van der Waals surface area contributed by atoms with Crippen LogP contribution in [0.4, 0.5) is 55.5 Å². The molecule has 0 bridgehead atoms. The molecule has 2 aromatic carbocycles. The summed E-state index contributed by atoms with van der Waals surface area (Å²) in [5.74, 6) is -3.29. The lowest BCUT2D eigenvalue weighted by Gasteiger charge is -2.18. The van der Waals surface area contributed by atoms with Crippen molar-refractivity contribution in [1.82, 2.24) is 20.6 Å². The molecule has 4 aromatic rings. The summed E-state index contributed by atoms with van der Waals surface area (Å²) >= 11 is 2.90. The Bertz CT molecular complexity index is 2250. The van der Waals surface area contributed by atoms with Crippen LogP contribution in [0, 0.1) is 18.7 Å². The van der Waals surface area contributed by atoms with E-state index in [1.165, 1.54) is 23.5 Å². The van der Waals surface area contributed by atoms with E-state index in [9.17, 15) is 53.5 Å². The van der Waals surface area contributed by atoms with Gasteiger partial charge in [0.1, 0.15) is 34.6 Å². The number of carbonyl (C=O) groups is 2. The first kappa shape index (κ1) is 53.9. The van der Waals surface area contributed by atoms with E-state index in [1.54, 1.807) is 24.5 Å². The SMILES string of the molecule is CC.CS/C=C/C(C)NC(=O)c1ccc(C(F)(F)F)nc1NCc1ccccc1C.CS/C=C/C(NC(=O)c1ccc(C(F)(F)F)nc1NCc1cc(F)ccc1OC(F)(F)F)C1CC1. The summed E-state index contributed by atoms with van der Waals surface area (Å²) in [4.78, 5) is 32.6. The number of anilines is 2. The van der Waals surface area contributed by atoms with E-state index in [0.29, 0.717) is 6.07 Å². The van der Waals surface area contributed by atoms with Gasteiger partial charge in [0.2, 0.25) is 0 Å². The van der Waals surface area contributed by atoms with Crippen molar-refractivity contribution >= 4 is 47.0 Å². The Kier molecular flexibility index (Phi) is 20.5. The molecule has 1 aliphatic carbocycles. The molecular weight excluding hydrogens is 915 g/mol. The van der Waals surface area contributed by atoms with Crippen molar-refractivity contribution in [3.63, 3.8) is 0 Å². The van der Waals surface area contributed by atoms with Crippen LogP contribution in [0.25, 0.3) is 0 Å². The Morgan fingerprint density at radius 3 is 1.74 bits per heavy atom. The molecule has 0 spiro atoms. The van der Waals surface area contributed by atoms with E-state index >= 15 is 0 Å². The second-order valence-corrected chi connectivity index (χ2v) is 15.3. The van der Waals surface area contributed by atoms with Crippen molar-refractivity contribution in [2.75, 3.05) is 23.1 Å². The maximum atomic E-state index is 13.7. The van der Waals surface area contributed by atoms with Crippen LogP contribution in [0.1, 0.15) is 82.4 Å². The van der Waals surface area contributed by atoms with Gasteiger partial charge in [0.05, 0.1) is 17.2 Å². The van der Waals surface area contributed by atoms with Crippen LogP contribution in [0.3, 0.4) is 0 Å². The number of alkyl halides is 9. The zero-order valence-corrected chi connectivity index (χ0v) is 37.6. The first-order valence-corrected chi connectivity index (χ1v) is 22.4. The highest BCUT2D eigenvalue weighted by Gasteiger charge is 2.36. The van der Waals surface area contributed by atoms with Crippen LogP contribution < -0.4 is 26.0 Å². The Morgan fingerprint density at radius 2 is 1.25 bits per heavy atom. The van der Waals surface area contributed by atoms with E-state index in [4.69, 9.17) is 0 Å². The molecule has 0 saturated heterocycles. The Balaban J connectivity index is 0.000000341. The predicted octanol–water partition coefficient (Wildman–Crippen LogP) is 12.2. The molecule has 354 valence electrons. The lowest BCUT2D eigenvalue weighted by atomic mass is 10.1. The Morgan fingerprint density at radius 1 is 0.738 bits per heavy atom. The number of aryl methyl sites for hydroxylation is 1. The van der Waals surface area contributed by atoms with E-state index in [0.717, 1.165) is 60.4 Å². The highest BCUT2D eigenvalue weighted by Crippen LogP contribution is 2.35. The number of amides is 2. The standard InChI is InChI=1S/C22H20F7N3O2S.C20H22F3N3OS.C2H6/c1-35-9-8-16(12-2-3-12)31-20(33)15-5-7-18(21(24,25)26)32-19(15)30-11-13-10-14(23)4-6-17(13)34-22(27,28)29;1-13-6-4-5-7-15(13)12-24-18-16(8-9-17(26-18)20(21,22)23)19(27)25-14(2)10-11-28-3;1-2/h4-10,12,16H,2-3,11H2,1H3,(H,30,32)(H,31,33);4-11,14H,12H2,1-3H3,(H,24,26)(H,25,27);1-2H3/b9-8+;11-10+;. The summed E-state index contributed by atoms with van der Waals surface area (Å²) in [7, 11) is 0. The molecule has 2 heterocycles. The third-order valence-corrected chi connectivity index (χ3v) is 9.83. The number of hydrogen-bond acceptors (Lipinski definition) is 9. The number of rotatable bonds is 16. The number of nitrogens with one attached hydrogen (secondary N) is 4. The zero-order valence-electron chi connectivity index (χ0n) is 35.9. The summed E-state index contributed by atoms with van der Waals surface area (Å²) in [6.07, 6.45) is -5.48. The number of hydrogen-bond donors (Lipinski definition) is 4. The minimum atomic E-state index is -5.08. The maximum Gasteiger partial charge on any atom is 0.573 e. The zero-order chi connectivity index (χ0) is 48.5. The molecule has 65 heavy (non-hydrogen) atoms. The topological polar surface area (TPSA) is 117 Å². The molecule has 9 nitrogen and oxygen atoms in total. The summed E-state index contributed by atoms with van der Waals surface area (Å²) in [5.41, 5.74) is -1.00. The van der Waals surface area contributed by atoms with Crippen LogP contribution >= 0.6 is 23.5 Å². The van der Waals surface area contributed by atoms with Crippen molar-refractivity contribution in [1.29, 1.82) is 0 Å². The molecule has 0 aliphatic heterocycles. The summed E-state index contributed by atoms with van der Waals surface area (Å²) in [6, 6.07) is 12.6. The number of aromatic nitrogens is 2. The van der Waals surface area contributed by atoms with Crippen molar-refractivity contribution in [2.45, 2.75) is 84.4 Å². The van der Waals surface area contributed by atoms with Gasteiger partial charge in [-0.05, 0) is 110 Å². The van der Waals surface area contributed by atoms with E-state index in [2.05, 4.69) is 36.0 Å². The first-order chi connectivity index (χ1) is 30.6. The van der Waals surface area contributed by atoms with Crippen LogP contribution in [0.2, 0.25) is 0 Å². The lowest BCUT2D eigenvalue weighted by molar-refractivity contribution is -0.274. The quantitative estimate of drug-likeness (QED) is 0.0815. The van der Waals surface area contributed by atoms with Gasteiger partial charge in [0, 0.05) is 24.7 Å². The smallest absolute Gasteiger partial charge is 0.405 e. The lowest BCUT2D eigenvalue weighted by Crippen LogP contribution is -2.35. The number of pyridine rings is 2. The van der Waals surface area contributed by atoms with Gasteiger partial charge in [-0.2, -0.15) is 26.3 Å². The molecule has 21 heteroatoms. The first-order valence-electron chi connectivity index (χ1n) is 19.8. The largest absolute Gasteiger partial charge is 0.573 e. The molecule has 5 rings (SSSR count). The van der Waals surface area contributed by atoms with Crippen molar-refractivity contribution in [3.8, 4) is 5.75 Å². The van der Waals surface area contributed by atoms with E-state index < -0.39 is 65.8 Å². The minimum Gasteiger partial charge on any atom is -0.405 e. The van der Waals surface area contributed by atoms with Crippen molar-refractivity contribution in [2.24, 2.45) is 5.92 Å². The molecule has 2 amide bonds. The summed E-state index contributed by atoms with van der Waals surface area (Å²) < 4.78 is 135. The number of nitrogens with zero attached hydrogens (tertiary/aromatic N) is 2. The average molecular weight is 963 g/mol. The molecule has 2 unspecified atom stereocenters. The fourth-order valence-electron chi connectivity index (χ4n) is 5.65.